The molecule has 0 amide bonds. The standard InChI is InChI=1S/C7H5Cl2N3O2S2/c1-16(13,14)12-6-4(9)2-3(8)5-7(6)11-15-10-5/h2,12H,1H3. The number of sulfonamides is 1. The van der Waals surface area contributed by atoms with E-state index in [0.717, 1.165) is 18.0 Å². The van der Waals surface area contributed by atoms with Crippen LogP contribution in [0.3, 0.4) is 0 Å². The molecule has 0 aliphatic carbocycles. The van der Waals surface area contributed by atoms with Crippen molar-refractivity contribution in [2.75, 3.05) is 11.0 Å². The monoisotopic (exact) mass is 297 g/mol. The van der Waals surface area contributed by atoms with E-state index in [1.165, 1.54) is 6.07 Å². The lowest BCUT2D eigenvalue weighted by Crippen LogP contribution is -2.10. The molecule has 0 radical (unpaired) electrons. The Balaban J connectivity index is 2.73. The van der Waals surface area contributed by atoms with Crippen molar-refractivity contribution in [2.45, 2.75) is 0 Å². The molecule has 1 aromatic heterocycles. The number of nitrogens with zero attached hydrogens (tertiary/aromatic N) is 2. The second-order valence-electron chi connectivity index (χ2n) is 3.05. The third-order valence-electron chi connectivity index (χ3n) is 1.73. The highest BCUT2D eigenvalue weighted by Crippen LogP contribution is 2.35. The Labute approximate surface area is 106 Å². The van der Waals surface area contributed by atoms with E-state index in [1.807, 2.05) is 0 Å². The van der Waals surface area contributed by atoms with Crippen molar-refractivity contribution < 1.29 is 8.42 Å². The summed E-state index contributed by atoms with van der Waals surface area (Å²) in [7, 11) is -3.42. The van der Waals surface area contributed by atoms with E-state index in [9.17, 15) is 8.42 Å². The Morgan fingerprint density at radius 1 is 1.25 bits per heavy atom. The van der Waals surface area contributed by atoms with Crippen molar-refractivity contribution in [1.29, 1.82) is 0 Å². The summed E-state index contributed by atoms with van der Waals surface area (Å²) in [5, 5.41) is 0.531. The molecule has 0 aliphatic heterocycles. The van der Waals surface area contributed by atoms with Gasteiger partial charge in [-0.25, -0.2) is 8.42 Å². The molecular weight excluding hydrogens is 293 g/mol. The molecule has 0 spiro atoms. The summed E-state index contributed by atoms with van der Waals surface area (Å²) in [5.41, 5.74) is 0.993. The number of nitrogens with one attached hydrogen (secondary N) is 1. The van der Waals surface area contributed by atoms with Gasteiger partial charge in [0.05, 0.1) is 33.7 Å². The summed E-state index contributed by atoms with van der Waals surface area (Å²) >= 11 is 12.7. The van der Waals surface area contributed by atoms with Crippen LogP contribution in [0.25, 0.3) is 11.0 Å². The van der Waals surface area contributed by atoms with Crippen molar-refractivity contribution >= 4 is 61.7 Å². The molecule has 0 unspecified atom stereocenters. The molecule has 0 fully saturated rings. The average molecular weight is 298 g/mol. The highest BCUT2D eigenvalue weighted by Gasteiger charge is 2.16. The molecule has 0 aliphatic rings. The van der Waals surface area contributed by atoms with Gasteiger partial charge >= 0.3 is 0 Å². The molecule has 0 atom stereocenters. The van der Waals surface area contributed by atoms with Gasteiger partial charge in [-0.1, -0.05) is 23.2 Å². The van der Waals surface area contributed by atoms with Crippen LogP contribution in [0, 0.1) is 0 Å². The van der Waals surface area contributed by atoms with E-state index in [-0.39, 0.29) is 10.7 Å². The lowest BCUT2D eigenvalue weighted by atomic mass is 10.3. The van der Waals surface area contributed by atoms with Crippen LogP contribution >= 0.6 is 34.9 Å². The van der Waals surface area contributed by atoms with E-state index in [0.29, 0.717) is 16.1 Å². The minimum atomic E-state index is -3.42. The van der Waals surface area contributed by atoms with Crippen molar-refractivity contribution in [2.24, 2.45) is 0 Å². The Morgan fingerprint density at radius 2 is 1.88 bits per heavy atom. The first-order chi connectivity index (χ1) is 7.38. The number of rotatable bonds is 2. The highest BCUT2D eigenvalue weighted by atomic mass is 35.5. The summed E-state index contributed by atoms with van der Waals surface area (Å²) < 4.78 is 32.5. The van der Waals surface area contributed by atoms with Gasteiger partial charge in [0, 0.05) is 0 Å². The first-order valence-electron chi connectivity index (χ1n) is 3.96. The zero-order chi connectivity index (χ0) is 11.9. The number of aromatic nitrogens is 2. The summed E-state index contributed by atoms with van der Waals surface area (Å²) in [5.74, 6) is 0. The minimum absolute atomic E-state index is 0.190. The first kappa shape index (κ1) is 11.8. The summed E-state index contributed by atoms with van der Waals surface area (Å²) in [4.78, 5) is 0. The van der Waals surface area contributed by atoms with Crippen molar-refractivity contribution in [3.63, 3.8) is 0 Å². The van der Waals surface area contributed by atoms with Crippen LogP contribution in [0.2, 0.25) is 10.0 Å². The van der Waals surface area contributed by atoms with Gasteiger partial charge in [-0.15, -0.1) is 0 Å². The van der Waals surface area contributed by atoms with Crippen LogP contribution in [0.4, 0.5) is 5.69 Å². The van der Waals surface area contributed by atoms with E-state index in [1.54, 1.807) is 0 Å². The normalized spacial score (nSPS) is 11.9. The van der Waals surface area contributed by atoms with E-state index < -0.39 is 10.0 Å². The van der Waals surface area contributed by atoms with Gasteiger partial charge in [0.15, 0.2) is 0 Å². The smallest absolute Gasteiger partial charge is 0.229 e. The van der Waals surface area contributed by atoms with Crippen LogP contribution < -0.4 is 4.72 Å². The van der Waals surface area contributed by atoms with Gasteiger partial charge in [-0.05, 0) is 6.07 Å². The van der Waals surface area contributed by atoms with E-state index in [4.69, 9.17) is 23.2 Å². The third kappa shape index (κ3) is 2.22. The maximum absolute atomic E-state index is 11.2. The Bertz CT molecular complexity index is 653. The van der Waals surface area contributed by atoms with E-state index in [2.05, 4.69) is 13.5 Å². The molecule has 1 aromatic carbocycles. The second kappa shape index (κ2) is 3.99. The third-order valence-corrected chi connectivity index (χ3v) is 3.42. The largest absolute Gasteiger partial charge is 0.280 e. The first-order valence-corrected chi connectivity index (χ1v) is 7.34. The van der Waals surface area contributed by atoms with Gasteiger partial charge in [0.1, 0.15) is 11.0 Å². The van der Waals surface area contributed by atoms with Gasteiger partial charge in [-0.3, -0.25) is 4.72 Å². The number of hydrogen-bond acceptors (Lipinski definition) is 5. The maximum atomic E-state index is 11.2. The predicted molar refractivity (Wildman–Crippen MR) is 65.9 cm³/mol. The average Bonchev–Trinajstić information content (AvgIpc) is 2.59. The van der Waals surface area contributed by atoms with Gasteiger partial charge in [-0.2, -0.15) is 8.75 Å². The zero-order valence-corrected chi connectivity index (χ0v) is 11.0. The molecule has 16 heavy (non-hydrogen) atoms. The topological polar surface area (TPSA) is 72.0 Å². The summed E-state index contributed by atoms with van der Waals surface area (Å²) in [6.45, 7) is 0. The molecule has 86 valence electrons. The fraction of sp³-hybridized carbons (Fsp3) is 0.143. The fourth-order valence-corrected chi connectivity index (χ4v) is 2.95. The molecule has 1 N–H and O–H groups in total. The van der Waals surface area contributed by atoms with Crippen LogP contribution in [0.15, 0.2) is 6.07 Å². The molecule has 2 aromatic rings. The number of benzene rings is 1. The lowest BCUT2D eigenvalue weighted by Gasteiger charge is -2.06. The molecule has 0 bridgehead atoms. The van der Waals surface area contributed by atoms with Crippen LogP contribution in [0.5, 0.6) is 0 Å². The van der Waals surface area contributed by atoms with Gasteiger partial charge < -0.3 is 0 Å². The second-order valence-corrected chi connectivity index (χ2v) is 6.14. The van der Waals surface area contributed by atoms with Crippen LogP contribution in [-0.2, 0) is 10.0 Å². The molecule has 9 heteroatoms. The Kier molecular flexibility index (Phi) is 2.95. The molecule has 5 nitrogen and oxygen atoms in total. The zero-order valence-electron chi connectivity index (χ0n) is 7.86. The number of fused-ring (bicyclic) bond motifs is 1. The van der Waals surface area contributed by atoms with Crippen molar-refractivity contribution in [1.82, 2.24) is 8.75 Å². The maximum Gasteiger partial charge on any atom is 0.229 e. The predicted octanol–water partition coefficient (Wildman–Crippen LogP) is 2.37. The van der Waals surface area contributed by atoms with E-state index >= 15 is 0 Å². The molecule has 2 rings (SSSR count). The van der Waals surface area contributed by atoms with Gasteiger partial charge in [0.2, 0.25) is 10.0 Å². The Hall–Kier alpha value is -0.630. The number of halogens is 2. The number of anilines is 1. The summed E-state index contributed by atoms with van der Waals surface area (Å²) in [6.07, 6.45) is 1.03. The van der Waals surface area contributed by atoms with Crippen LogP contribution in [0.1, 0.15) is 0 Å². The SMILES string of the molecule is CS(=O)(=O)Nc1c(Cl)cc(Cl)c2nsnc12. The van der Waals surface area contributed by atoms with Crippen molar-refractivity contribution in [3.8, 4) is 0 Å². The number of hydrogen-bond donors (Lipinski definition) is 1. The quantitative estimate of drug-likeness (QED) is 0.924. The lowest BCUT2D eigenvalue weighted by molar-refractivity contribution is 0.607. The molecule has 1 heterocycles. The molecular formula is C7H5Cl2N3O2S2. The fourth-order valence-electron chi connectivity index (χ4n) is 1.16. The Morgan fingerprint density at radius 3 is 2.50 bits per heavy atom. The highest BCUT2D eigenvalue weighted by molar-refractivity contribution is 7.92. The minimum Gasteiger partial charge on any atom is -0.280 e. The summed E-state index contributed by atoms with van der Waals surface area (Å²) in [6, 6.07) is 1.43. The van der Waals surface area contributed by atoms with Gasteiger partial charge in [0.25, 0.3) is 0 Å². The molecule has 0 saturated heterocycles. The van der Waals surface area contributed by atoms with Crippen molar-refractivity contribution in [3.05, 3.63) is 16.1 Å². The molecule has 0 saturated carbocycles. The van der Waals surface area contributed by atoms with Crippen LogP contribution in [-0.4, -0.2) is 23.4 Å².